The number of aryl methyl sites for hydroxylation is 1. The van der Waals surface area contributed by atoms with E-state index in [1.165, 1.54) is 0 Å². The van der Waals surface area contributed by atoms with Crippen molar-refractivity contribution in [3.63, 3.8) is 0 Å². The van der Waals surface area contributed by atoms with Gasteiger partial charge in [-0.3, -0.25) is 9.59 Å². The van der Waals surface area contributed by atoms with Gasteiger partial charge < -0.3 is 20.7 Å². The average molecular weight is 376 g/mol. The third-order valence-electron chi connectivity index (χ3n) is 4.95. The SMILES string of the molecule is CC(C)OCCCNC(=O)C1CCN(C(=O)CCc2ccccc2N)CC1. The van der Waals surface area contributed by atoms with E-state index >= 15 is 0 Å². The summed E-state index contributed by atoms with van der Waals surface area (Å²) in [5, 5.41) is 2.99. The van der Waals surface area contributed by atoms with Crippen LogP contribution in [0.3, 0.4) is 0 Å². The second-order valence-corrected chi connectivity index (χ2v) is 7.42. The molecule has 1 aliphatic rings. The lowest BCUT2D eigenvalue weighted by atomic mass is 9.95. The van der Waals surface area contributed by atoms with E-state index in [1.54, 1.807) is 0 Å². The van der Waals surface area contributed by atoms with Gasteiger partial charge in [-0.2, -0.15) is 0 Å². The van der Waals surface area contributed by atoms with Crippen molar-refractivity contribution in [3.05, 3.63) is 29.8 Å². The molecule has 1 aliphatic heterocycles. The van der Waals surface area contributed by atoms with Gasteiger partial charge in [-0.1, -0.05) is 18.2 Å². The van der Waals surface area contributed by atoms with Crippen molar-refractivity contribution in [1.82, 2.24) is 10.2 Å². The molecule has 6 nitrogen and oxygen atoms in total. The molecule has 0 saturated carbocycles. The molecule has 0 unspecified atom stereocenters. The lowest BCUT2D eigenvalue weighted by molar-refractivity contribution is -0.135. The van der Waals surface area contributed by atoms with Crippen molar-refractivity contribution in [2.45, 2.75) is 52.1 Å². The monoisotopic (exact) mass is 375 g/mol. The number of nitrogen functional groups attached to an aromatic ring is 1. The number of nitrogens with two attached hydrogens (primary N) is 1. The Morgan fingerprint density at radius 3 is 2.63 bits per heavy atom. The van der Waals surface area contributed by atoms with E-state index in [9.17, 15) is 9.59 Å². The normalized spacial score (nSPS) is 15.1. The molecule has 0 spiro atoms. The highest BCUT2D eigenvalue weighted by molar-refractivity contribution is 5.80. The Morgan fingerprint density at radius 1 is 1.26 bits per heavy atom. The van der Waals surface area contributed by atoms with Crippen LogP contribution in [0.4, 0.5) is 5.69 Å². The zero-order chi connectivity index (χ0) is 19.6. The lowest BCUT2D eigenvalue weighted by Gasteiger charge is -2.31. The van der Waals surface area contributed by atoms with Gasteiger partial charge in [-0.25, -0.2) is 0 Å². The highest BCUT2D eigenvalue weighted by atomic mass is 16.5. The van der Waals surface area contributed by atoms with E-state index in [4.69, 9.17) is 10.5 Å². The minimum atomic E-state index is 0.00448. The number of nitrogens with one attached hydrogen (secondary N) is 1. The second-order valence-electron chi connectivity index (χ2n) is 7.42. The first-order valence-electron chi connectivity index (χ1n) is 9.98. The van der Waals surface area contributed by atoms with E-state index < -0.39 is 0 Å². The van der Waals surface area contributed by atoms with Crippen molar-refractivity contribution < 1.29 is 14.3 Å². The summed E-state index contributed by atoms with van der Waals surface area (Å²) in [5.74, 6) is 0.247. The first kappa shape index (κ1) is 21.2. The molecule has 150 valence electrons. The first-order valence-corrected chi connectivity index (χ1v) is 9.98. The fraction of sp³-hybridized carbons (Fsp3) is 0.619. The number of piperidine rings is 1. The van der Waals surface area contributed by atoms with Gasteiger partial charge in [0.05, 0.1) is 6.10 Å². The number of hydrogen-bond donors (Lipinski definition) is 2. The van der Waals surface area contributed by atoms with Crippen LogP contribution in [-0.4, -0.2) is 49.1 Å². The summed E-state index contributed by atoms with van der Waals surface area (Å²) in [5.41, 5.74) is 7.68. The minimum Gasteiger partial charge on any atom is -0.399 e. The summed E-state index contributed by atoms with van der Waals surface area (Å²) in [7, 11) is 0. The number of carbonyl (C=O) groups excluding carboxylic acids is 2. The van der Waals surface area contributed by atoms with Gasteiger partial charge in [-0.15, -0.1) is 0 Å². The summed E-state index contributed by atoms with van der Waals surface area (Å²) in [6, 6.07) is 7.66. The lowest BCUT2D eigenvalue weighted by Crippen LogP contribution is -2.43. The van der Waals surface area contributed by atoms with Crippen LogP contribution in [0.25, 0.3) is 0 Å². The van der Waals surface area contributed by atoms with Crippen LogP contribution >= 0.6 is 0 Å². The van der Waals surface area contributed by atoms with Gasteiger partial charge in [0.15, 0.2) is 0 Å². The van der Waals surface area contributed by atoms with Crippen molar-refractivity contribution in [1.29, 1.82) is 0 Å². The van der Waals surface area contributed by atoms with Crippen molar-refractivity contribution in [2.24, 2.45) is 5.92 Å². The van der Waals surface area contributed by atoms with E-state index in [-0.39, 0.29) is 23.8 Å². The Hall–Kier alpha value is -2.08. The summed E-state index contributed by atoms with van der Waals surface area (Å²) in [6.07, 6.45) is 3.62. The number of nitrogens with zero attached hydrogens (tertiary/aromatic N) is 1. The molecule has 0 radical (unpaired) electrons. The minimum absolute atomic E-state index is 0.00448. The number of likely N-dealkylation sites (tertiary alicyclic amines) is 1. The number of para-hydroxylation sites is 1. The largest absolute Gasteiger partial charge is 0.399 e. The fourth-order valence-electron chi connectivity index (χ4n) is 3.30. The zero-order valence-electron chi connectivity index (χ0n) is 16.6. The summed E-state index contributed by atoms with van der Waals surface area (Å²) >= 11 is 0. The van der Waals surface area contributed by atoms with Crippen molar-refractivity contribution in [3.8, 4) is 0 Å². The number of anilines is 1. The van der Waals surface area contributed by atoms with E-state index in [1.807, 2.05) is 43.0 Å². The van der Waals surface area contributed by atoms with Gasteiger partial charge in [0.25, 0.3) is 0 Å². The number of benzene rings is 1. The number of rotatable bonds is 9. The fourth-order valence-corrected chi connectivity index (χ4v) is 3.30. The van der Waals surface area contributed by atoms with Crippen LogP contribution in [0.1, 0.15) is 45.1 Å². The van der Waals surface area contributed by atoms with Crippen LogP contribution < -0.4 is 11.1 Å². The quantitative estimate of drug-likeness (QED) is 0.513. The average Bonchev–Trinajstić information content (AvgIpc) is 2.66. The van der Waals surface area contributed by atoms with Gasteiger partial charge >= 0.3 is 0 Å². The third-order valence-corrected chi connectivity index (χ3v) is 4.95. The van der Waals surface area contributed by atoms with Gasteiger partial charge in [0.2, 0.25) is 11.8 Å². The Labute approximate surface area is 162 Å². The predicted molar refractivity (Wildman–Crippen MR) is 107 cm³/mol. The standard InChI is InChI=1S/C21H33N3O3/c1-16(2)27-15-5-12-23-21(26)18-10-13-24(14-11-18)20(25)9-8-17-6-3-4-7-19(17)22/h3-4,6-7,16,18H,5,8-15,22H2,1-2H3,(H,23,26). The van der Waals surface area contributed by atoms with Crippen LogP contribution in [-0.2, 0) is 20.7 Å². The molecule has 1 heterocycles. The van der Waals surface area contributed by atoms with E-state index in [2.05, 4.69) is 5.32 Å². The maximum Gasteiger partial charge on any atom is 0.223 e. The summed E-state index contributed by atoms with van der Waals surface area (Å²) in [6.45, 7) is 6.61. The molecule has 0 aromatic heterocycles. The van der Waals surface area contributed by atoms with Gasteiger partial charge in [0.1, 0.15) is 0 Å². The number of carbonyl (C=O) groups is 2. The molecule has 1 aromatic carbocycles. The molecular weight excluding hydrogens is 342 g/mol. The molecule has 1 fully saturated rings. The van der Waals surface area contributed by atoms with Gasteiger partial charge in [0, 0.05) is 44.3 Å². The number of ether oxygens (including phenoxy) is 1. The van der Waals surface area contributed by atoms with Crippen LogP contribution in [0.2, 0.25) is 0 Å². The Balaban J connectivity index is 1.64. The Kier molecular flexibility index (Phi) is 8.58. The van der Waals surface area contributed by atoms with Crippen molar-refractivity contribution >= 4 is 17.5 Å². The molecule has 2 amide bonds. The van der Waals surface area contributed by atoms with Crippen LogP contribution in [0.5, 0.6) is 0 Å². The Morgan fingerprint density at radius 2 is 1.96 bits per heavy atom. The maximum atomic E-state index is 12.4. The second kappa shape index (κ2) is 10.9. The molecule has 0 atom stereocenters. The van der Waals surface area contributed by atoms with E-state index in [0.717, 1.165) is 30.5 Å². The highest BCUT2D eigenvalue weighted by Gasteiger charge is 2.26. The van der Waals surface area contributed by atoms with Crippen LogP contribution in [0.15, 0.2) is 24.3 Å². The van der Waals surface area contributed by atoms with Crippen LogP contribution in [0, 0.1) is 5.92 Å². The number of hydrogen-bond acceptors (Lipinski definition) is 4. The van der Waals surface area contributed by atoms with Crippen molar-refractivity contribution in [2.75, 3.05) is 32.0 Å². The topological polar surface area (TPSA) is 84.7 Å². The predicted octanol–water partition coefficient (Wildman–Crippen LogP) is 2.37. The molecular formula is C21H33N3O3. The molecule has 27 heavy (non-hydrogen) atoms. The highest BCUT2D eigenvalue weighted by Crippen LogP contribution is 2.19. The maximum absolute atomic E-state index is 12.4. The molecule has 1 saturated heterocycles. The van der Waals surface area contributed by atoms with E-state index in [0.29, 0.717) is 39.1 Å². The molecule has 1 aromatic rings. The smallest absolute Gasteiger partial charge is 0.223 e. The molecule has 6 heteroatoms. The third kappa shape index (κ3) is 7.21. The van der Waals surface area contributed by atoms with Gasteiger partial charge in [-0.05, 0) is 51.2 Å². The number of amides is 2. The first-order chi connectivity index (χ1) is 13.0. The molecule has 0 bridgehead atoms. The molecule has 0 aliphatic carbocycles. The molecule has 3 N–H and O–H groups in total. The zero-order valence-corrected chi connectivity index (χ0v) is 16.6. The Bertz CT molecular complexity index is 610. The summed E-state index contributed by atoms with van der Waals surface area (Å²) < 4.78 is 5.47. The summed E-state index contributed by atoms with van der Waals surface area (Å²) in [4.78, 5) is 26.6. The molecule has 2 rings (SSSR count).